The molecule has 0 aromatic carbocycles. The first kappa shape index (κ1) is 4.25. The van der Waals surface area contributed by atoms with Crippen LogP contribution in [-0.4, -0.2) is 42.8 Å². The van der Waals surface area contributed by atoms with E-state index < -0.39 is 0 Å². The van der Waals surface area contributed by atoms with Crippen LogP contribution in [0.25, 0.3) is 0 Å². The van der Waals surface area contributed by atoms with Gasteiger partial charge >= 0.3 is 0 Å². The molecule has 0 bridgehead atoms. The fraction of sp³-hybridized carbons (Fsp3) is 0. The lowest BCUT2D eigenvalue weighted by atomic mass is 26.5. The molecule has 0 radical (unpaired) electrons. The van der Waals surface area contributed by atoms with Gasteiger partial charge in [-0.25, -0.2) is 0 Å². The predicted octanol–water partition coefficient (Wildman–Crippen LogP) is -4.58. The van der Waals surface area contributed by atoms with Gasteiger partial charge < -0.3 is 0 Å². The van der Waals surface area contributed by atoms with Crippen LogP contribution in [0.3, 0.4) is 0 Å². The van der Waals surface area contributed by atoms with Gasteiger partial charge in [0, 0.05) is 0 Å². The van der Waals surface area contributed by atoms with Gasteiger partial charge in [0.15, 0.2) is 0 Å². The Morgan fingerprint density at radius 2 is 0.600 bits per heavy atom. The third-order valence-corrected chi connectivity index (χ3v) is 101. The molecule has 0 saturated carbocycles. The molecule has 0 aromatic rings. The lowest BCUT2D eigenvalue weighted by Crippen LogP contribution is -2.00. The monoisotopic (exact) mass is 150 g/mol. The molecule has 0 unspecified atom stereocenters. The second kappa shape index (κ2) is 2.29. The minimum Gasteiger partial charge on any atom is -0.00934 e. The van der Waals surface area contributed by atoms with Crippen molar-refractivity contribution in [3.63, 3.8) is 0 Å². The second-order valence-corrected chi connectivity index (χ2v) is 47.7. The average Bonchev–Trinajstić information content (AvgIpc) is 1.76. The molecule has 1 fully saturated rings. The van der Waals surface area contributed by atoms with E-state index in [1.165, 1.54) is 0 Å². The number of hydrogen-bond acceptors (Lipinski definition) is 0. The van der Waals surface area contributed by atoms with Crippen LogP contribution in [0.4, 0.5) is 0 Å². The molecule has 1 heterocycles. The van der Waals surface area contributed by atoms with Gasteiger partial charge in [0.25, 0.3) is 0 Å². The van der Waals surface area contributed by atoms with E-state index in [9.17, 15) is 0 Å². The highest BCUT2D eigenvalue weighted by molar-refractivity contribution is 7.76. The lowest BCUT2D eigenvalue weighted by Gasteiger charge is -1.63. The van der Waals surface area contributed by atoms with Crippen molar-refractivity contribution in [1.82, 2.24) is 0 Å². The number of rotatable bonds is 0. The molecule has 0 amide bonds. The minimum absolute atomic E-state index is 0.944. The first-order valence-electron chi connectivity index (χ1n) is 2.50. The molecule has 0 N–H and O–H groups in total. The largest absolute Gasteiger partial charge is 0.00934 e. The maximum Gasteiger partial charge on any atom is -0.00934 e. The summed E-state index contributed by atoms with van der Waals surface area (Å²) in [4.78, 5) is 0. The molecule has 5 heavy (non-hydrogen) atoms. The van der Waals surface area contributed by atoms with Gasteiger partial charge in [-0.1, -0.05) is 0 Å². The first-order chi connectivity index (χ1) is 2.50. The Balaban J connectivity index is 2.08. The van der Waals surface area contributed by atoms with Crippen molar-refractivity contribution in [2.45, 2.75) is 0 Å². The number of hydrogen-bond donors (Lipinski definition) is 0. The molecular formula is H10Si5. The van der Waals surface area contributed by atoms with E-state index in [2.05, 4.69) is 0 Å². The topological polar surface area (TPSA) is 0 Å². The van der Waals surface area contributed by atoms with Gasteiger partial charge in [-0.2, -0.15) is 0 Å². The Bertz CT molecular complexity index is 11.6. The second-order valence-electron chi connectivity index (χ2n) is 1.77. The van der Waals surface area contributed by atoms with Crippen molar-refractivity contribution >= 4 is 42.8 Å². The first-order valence-corrected chi connectivity index (χ1v) is 22.5. The molecule has 30 valence electrons. The maximum absolute atomic E-state index is 0.944. The van der Waals surface area contributed by atoms with Crippen LogP contribution < -0.4 is 0 Å². The predicted molar refractivity (Wildman–Crippen MR) is 42.7 cm³/mol. The Morgan fingerprint density at radius 1 is 0.400 bits per heavy atom. The summed E-state index contributed by atoms with van der Waals surface area (Å²) in [6.07, 6.45) is 0. The van der Waals surface area contributed by atoms with E-state index in [0.29, 0.717) is 0 Å². The van der Waals surface area contributed by atoms with Crippen LogP contribution in [-0.2, 0) is 0 Å². The Kier molecular flexibility index (Phi) is 1.95. The van der Waals surface area contributed by atoms with Gasteiger partial charge in [-0.05, 0) is 42.8 Å². The highest BCUT2D eigenvalue weighted by Gasteiger charge is 1.99. The van der Waals surface area contributed by atoms with E-state index in [1.54, 1.807) is 0 Å². The molecular weight excluding hydrogens is 140 g/mol. The normalized spacial score (nSPS) is 48.0. The third kappa shape index (κ3) is 1.31. The zero-order valence-corrected chi connectivity index (χ0v) is 10.6. The van der Waals surface area contributed by atoms with Crippen LogP contribution >= 0.6 is 0 Å². The van der Waals surface area contributed by atoms with E-state index in [0.717, 1.165) is 42.8 Å². The highest BCUT2D eigenvalue weighted by atomic mass is 30.1. The molecule has 1 aliphatic rings. The van der Waals surface area contributed by atoms with Crippen LogP contribution in [0.2, 0.25) is 0 Å². The molecule has 0 spiro atoms. The fourth-order valence-corrected chi connectivity index (χ4v) is 215. The van der Waals surface area contributed by atoms with E-state index >= 15 is 0 Å². The zero-order chi connectivity index (χ0) is 3.54. The van der Waals surface area contributed by atoms with Crippen molar-refractivity contribution in [2.24, 2.45) is 0 Å². The van der Waals surface area contributed by atoms with Gasteiger partial charge in [0.05, 0.1) is 0 Å². The van der Waals surface area contributed by atoms with E-state index in [4.69, 9.17) is 0 Å². The van der Waals surface area contributed by atoms with Crippen molar-refractivity contribution in [3.8, 4) is 0 Å². The quantitative estimate of drug-likeness (QED) is 0.305. The molecule has 0 nitrogen and oxygen atoms in total. The van der Waals surface area contributed by atoms with Crippen LogP contribution in [0.1, 0.15) is 0 Å². The van der Waals surface area contributed by atoms with E-state index in [-0.39, 0.29) is 0 Å². The lowest BCUT2D eigenvalue weighted by molar-refractivity contribution is 4.14. The summed E-state index contributed by atoms with van der Waals surface area (Å²) in [5.41, 5.74) is 0. The smallest absolute Gasteiger partial charge is 0.00934 e. The van der Waals surface area contributed by atoms with Gasteiger partial charge in [0.2, 0.25) is 0 Å². The van der Waals surface area contributed by atoms with Crippen LogP contribution in [0.15, 0.2) is 0 Å². The van der Waals surface area contributed by atoms with Crippen molar-refractivity contribution in [3.05, 3.63) is 0 Å². The molecule has 1 rings (SSSR count). The van der Waals surface area contributed by atoms with Crippen LogP contribution in [0.5, 0.6) is 0 Å². The van der Waals surface area contributed by atoms with Crippen molar-refractivity contribution in [1.29, 1.82) is 0 Å². The summed E-state index contributed by atoms with van der Waals surface area (Å²) >= 11 is 0. The Morgan fingerprint density at radius 3 is 0.800 bits per heavy atom. The summed E-state index contributed by atoms with van der Waals surface area (Å²) in [6, 6.07) is 0. The molecule has 0 aromatic heterocycles. The Hall–Kier alpha value is 1.08. The summed E-state index contributed by atoms with van der Waals surface area (Å²) in [5.74, 6) is 0. The van der Waals surface area contributed by atoms with Crippen molar-refractivity contribution in [2.75, 3.05) is 0 Å². The van der Waals surface area contributed by atoms with Gasteiger partial charge in [0.1, 0.15) is 0 Å². The minimum atomic E-state index is 0.944. The summed E-state index contributed by atoms with van der Waals surface area (Å²) in [6.45, 7) is 0. The average molecular weight is 151 g/mol. The van der Waals surface area contributed by atoms with Gasteiger partial charge in [-0.3, -0.25) is 0 Å². The van der Waals surface area contributed by atoms with Crippen molar-refractivity contribution < 1.29 is 0 Å². The van der Waals surface area contributed by atoms with E-state index in [1.807, 2.05) is 0 Å². The fourth-order valence-electron chi connectivity index (χ4n) is 0.884. The Labute approximate surface area is 43.2 Å². The summed E-state index contributed by atoms with van der Waals surface area (Å²) in [5, 5.41) is 0. The third-order valence-electron chi connectivity index (χ3n) is 1.25. The molecule has 0 atom stereocenters. The summed E-state index contributed by atoms with van der Waals surface area (Å²) in [7, 11) is 4.72. The molecule has 1 aliphatic heterocycles. The SMILES string of the molecule is [SiH2]1[SiH2][SiH2][SiH2][SiH2]1. The standard InChI is InChI=1S/H10Si5/c1-2-4-5-3-1/h1-5H2. The van der Waals surface area contributed by atoms with Gasteiger partial charge in [-0.15, -0.1) is 0 Å². The zero-order valence-electron chi connectivity index (χ0n) is 3.54. The molecule has 0 aliphatic carbocycles. The summed E-state index contributed by atoms with van der Waals surface area (Å²) < 4.78 is 0. The van der Waals surface area contributed by atoms with Crippen LogP contribution in [0, 0.1) is 0 Å². The highest BCUT2D eigenvalue weighted by Crippen LogP contribution is 1.62. The maximum atomic E-state index is 0.944. The molecule has 1 saturated heterocycles. The molecule has 5 heteroatoms.